The molecule has 2 atom stereocenters. The van der Waals surface area contributed by atoms with Gasteiger partial charge in [-0.3, -0.25) is 0 Å². The second kappa shape index (κ2) is 8.42. The van der Waals surface area contributed by atoms with Crippen LogP contribution in [0.5, 0.6) is 11.5 Å². The van der Waals surface area contributed by atoms with Crippen LogP contribution in [0.25, 0.3) is 0 Å². The first kappa shape index (κ1) is 19.9. The van der Waals surface area contributed by atoms with Crippen molar-refractivity contribution in [2.24, 2.45) is 5.92 Å². The first-order valence-corrected chi connectivity index (χ1v) is 10.6. The number of rotatable bonds is 5. The van der Waals surface area contributed by atoms with E-state index in [1.54, 1.807) is 0 Å². The van der Waals surface area contributed by atoms with Crippen molar-refractivity contribution in [2.45, 2.75) is 90.6 Å². The molecule has 1 aromatic carbocycles. The highest BCUT2D eigenvalue weighted by Crippen LogP contribution is 2.54. The molecule has 0 amide bonds. The summed E-state index contributed by atoms with van der Waals surface area (Å²) in [6.45, 7) is 8.79. The monoisotopic (exact) mass is 366 g/mol. The van der Waals surface area contributed by atoms with Crippen molar-refractivity contribution >= 4 is 0 Å². The van der Waals surface area contributed by atoms with Crippen LogP contribution in [0.2, 0.25) is 0 Å². The normalized spacial score (nSPS) is 22.6. The molecule has 2 heteroatoms. The van der Waals surface area contributed by atoms with Crippen LogP contribution in [0, 0.1) is 17.8 Å². The van der Waals surface area contributed by atoms with E-state index in [9.17, 15) is 5.11 Å². The number of phenols is 1. The summed E-state index contributed by atoms with van der Waals surface area (Å²) in [7, 11) is 0. The maximum Gasteiger partial charge on any atom is 0.127 e. The maximum atomic E-state index is 10.8. The lowest BCUT2D eigenvalue weighted by molar-refractivity contribution is 0.00754. The molecular formula is C25H34O2. The minimum Gasteiger partial charge on any atom is -0.508 e. The Bertz CT molecular complexity index is 761. The molecule has 27 heavy (non-hydrogen) atoms. The molecule has 0 unspecified atom stereocenters. The van der Waals surface area contributed by atoms with Crippen LogP contribution in [0.4, 0.5) is 0 Å². The Labute approximate surface area is 165 Å². The molecule has 146 valence electrons. The van der Waals surface area contributed by atoms with E-state index in [2.05, 4.69) is 51.7 Å². The van der Waals surface area contributed by atoms with Crippen LogP contribution in [-0.2, 0) is 6.42 Å². The van der Waals surface area contributed by atoms with Crippen LogP contribution in [0.1, 0.15) is 89.7 Å². The van der Waals surface area contributed by atoms with Crippen molar-refractivity contribution in [1.82, 2.24) is 0 Å². The van der Waals surface area contributed by atoms with Gasteiger partial charge in [-0.1, -0.05) is 43.8 Å². The van der Waals surface area contributed by atoms with E-state index in [0.29, 0.717) is 24.0 Å². The molecule has 1 heterocycles. The van der Waals surface area contributed by atoms with Crippen molar-refractivity contribution in [2.75, 3.05) is 0 Å². The van der Waals surface area contributed by atoms with E-state index in [-0.39, 0.29) is 5.60 Å². The first-order chi connectivity index (χ1) is 12.9. The summed E-state index contributed by atoms with van der Waals surface area (Å²) in [5.74, 6) is 8.54. The van der Waals surface area contributed by atoms with E-state index >= 15 is 0 Å². The molecule has 0 spiro atoms. The van der Waals surface area contributed by atoms with E-state index in [4.69, 9.17) is 4.74 Å². The molecule has 2 aliphatic rings. The average molecular weight is 367 g/mol. The summed E-state index contributed by atoms with van der Waals surface area (Å²) in [6, 6.07) is 4.00. The van der Waals surface area contributed by atoms with Gasteiger partial charge in [0, 0.05) is 30.2 Å². The van der Waals surface area contributed by atoms with Gasteiger partial charge in [0.1, 0.15) is 17.1 Å². The maximum absolute atomic E-state index is 10.8. The molecule has 0 aromatic heterocycles. The molecule has 0 radical (unpaired) electrons. The minimum atomic E-state index is -0.217. The largest absolute Gasteiger partial charge is 0.508 e. The van der Waals surface area contributed by atoms with Gasteiger partial charge in [-0.2, -0.15) is 0 Å². The van der Waals surface area contributed by atoms with Gasteiger partial charge in [-0.15, -0.1) is 5.92 Å². The molecule has 1 aliphatic carbocycles. The number of hydrogen-bond acceptors (Lipinski definition) is 2. The van der Waals surface area contributed by atoms with Crippen LogP contribution in [0.15, 0.2) is 23.8 Å². The Balaban J connectivity index is 1.76. The third-order valence-electron chi connectivity index (χ3n) is 6.14. The fourth-order valence-corrected chi connectivity index (χ4v) is 4.62. The Morgan fingerprint density at radius 1 is 1.19 bits per heavy atom. The smallest absolute Gasteiger partial charge is 0.127 e. The van der Waals surface area contributed by atoms with Crippen molar-refractivity contribution in [3.8, 4) is 23.3 Å². The van der Waals surface area contributed by atoms with Crippen molar-refractivity contribution in [1.29, 1.82) is 0 Å². The molecule has 1 N–H and O–H groups in total. The number of unbranched alkanes of at least 4 members (excludes halogenated alkanes) is 4. The topological polar surface area (TPSA) is 29.5 Å². The Morgan fingerprint density at radius 3 is 2.78 bits per heavy atom. The van der Waals surface area contributed by atoms with Gasteiger partial charge in [-0.05, 0) is 57.7 Å². The van der Waals surface area contributed by atoms with Gasteiger partial charge in [0.05, 0.1) is 0 Å². The molecule has 0 saturated carbocycles. The lowest BCUT2D eigenvalue weighted by Gasteiger charge is -2.47. The molecule has 1 aromatic rings. The summed E-state index contributed by atoms with van der Waals surface area (Å²) in [5, 5.41) is 10.8. The zero-order valence-electron chi connectivity index (χ0n) is 17.4. The molecule has 0 bridgehead atoms. The number of benzene rings is 1. The van der Waals surface area contributed by atoms with Gasteiger partial charge in [0.25, 0.3) is 0 Å². The molecule has 1 aliphatic heterocycles. The Kier molecular flexibility index (Phi) is 6.20. The van der Waals surface area contributed by atoms with Crippen LogP contribution in [0.3, 0.4) is 0 Å². The zero-order chi connectivity index (χ0) is 19.4. The second-order valence-electron chi connectivity index (χ2n) is 8.78. The highest BCUT2D eigenvalue weighted by atomic mass is 16.5. The summed E-state index contributed by atoms with van der Waals surface area (Å²) in [6.07, 6.45) is 11.0. The Hall–Kier alpha value is -1.88. The van der Waals surface area contributed by atoms with Crippen LogP contribution >= 0.6 is 0 Å². The number of fused-ring (bicyclic) bond motifs is 3. The zero-order valence-corrected chi connectivity index (χ0v) is 17.4. The average Bonchev–Trinajstić information content (AvgIpc) is 2.59. The number of allylic oxidation sites excluding steroid dienone is 2. The van der Waals surface area contributed by atoms with Gasteiger partial charge in [0.2, 0.25) is 0 Å². The molecular weight excluding hydrogens is 332 g/mol. The number of phenolic OH excluding ortho intramolecular Hbond substituents is 1. The number of hydrogen-bond donors (Lipinski definition) is 1. The number of ether oxygens (including phenoxy) is 1. The van der Waals surface area contributed by atoms with E-state index in [1.807, 2.05) is 6.07 Å². The standard InChI is InChI=1S/C25H34O2/c1-5-6-7-8-9-10-11-12-19-16-22(26)24-20-15-18(2)13-14-21(20)25(3,4)27-23(24)17-19/h13,16-17,20-21,26H,5-9,12,14-15H2,1-4H3/t20-,21-/m1/s1. The highest BCUT2D eigenvalue weighted by molar-refractivity contribution is 5.53. The van der Waals surface area contributed by atoms with E-state index in [0.717, 1.165) is 36.1 Å². The summed E-state index contributed by atoms with van der Waals surface area (Å²) in [5.41, 5.74) is 3.25. The third-order valence-corrected chi connectivity index (χ3v) is 6.14. The predicted octanol–water partition coefficient (Wildman–Crippen LogP) is 6.52. The fourth-order valence-electron chi connectivity index (χ4n) is 4.62. The Morgan fingerprint density at radius 2 is 2.00 bits per heavy atom. The van der Waals surface area contributed by atoms with Gasteiger partial charge in [-0.25, -0.2) is 0 Å². The van der Waals surface area contributed by atoms with Crippen LogP contribution < -0.4 is 4.74 Å². The first-order valence-electron chi connectivity index (χ1n) is 10.6. The minimum absolute atomic E-state index is 0.217. The molecule has 0 saturated heterocycles. The van der Waals surface area contributed by atoms with Gasteiger partial charge in [0.15, 0.2) is 0 Å². The van der Waals surface area contributed by atoms with Gasteiger partial charge >= 0.3 is 0 Å². The third kappa shape index (κ3) is 4.52. The van der Waals surface area contributed by atoms with Crippen molar-refractivity contribution in [3.05, 3.63) is 34.9 Å². The highest BCUT2D eigenvalue weighted by Gasteiger charge is 2.45. The van der Waals surface area contributed by atoms with E-state index < -0.39 is 0 Å². The van der Waals surface area contributed by atoms with Crippen molar-refractivity contribution in [3.63, 3.8) is 0 Å². The van der Waals surface area contributed by atoms with Gasteiger partial charge < -0.3 is 9.84 Å². The fraction of sp³-hybridized carbons (Fsp3) is 0.600. The second-order valence-corrected chi connectivity index (χ2v) is 8.78. The quantitative estimate of drug-likeness (QED) is 0.365. The predicted molar refractivity (Wildman–Crippen MR) is 112 cm³/mol. The number of aromatic hydroxyl groups is 1. The molecule has 0 fully saturated rings. The van der Waals surface area contributed by atoms with Crippen LogP contribution in [-0.4, -0.2) is 10.7 Å². The van der Waals surface area contributed by atoms with E-state index in [1.165, 1.54) is 31.3 Å². The lowest BCUT2D eigenvalue weighted by atomic mass is 9.67. The summed E-state index contributed by atoms with van der Waals surface area (Å²) in [4.78, 5) is 0. The lowest BCUT2D eigenvalue weighted by Crippen LogP contribution is -2.45. The molecule has 3 rings (SSSR count). The SMILES string of the molecule is CCCCCCC#CCc1cc(O)c2c(c1)OC(C)(C)[C@@H]1CC=C(C)C[C@@H]21. The molecule has 2 nitrogen and oxygen atoms in total. The summed E-state index contributed by atoms with van der Waals surface area (Å²) >= 11 is 0. The van der Waals surface area contributed by atoms with Crippen molar-refractivity contribution < 1.29 is 9.84 Å². The summed E-state index contributed by atoms with van der Waals surface area (Å²) < 4.78 is 6.38.